The molecule has 0 fully saturated rings. The zero-order valence-electron chi connectivity index (χ0n) is 12.6. The number of rotatable bonds is 6. The fraction of sp³-hybridized carbons (Fsp3) is 0.222. The third kappa shape index (κ3) is 3.64. The van der Waals surface area contributed by atoms with E-state index in [-0.39, 0.29) is 12.2 Å². The van der Waals surface area contributed by atoms with Crippen LogP contribution in [0.5, 0.6) is 11.5 Å². The Labute approximate surface area is 129 Å². The van der Waals surface area contributed by atoms with Crippen molar-refractivity contribution in [3.05, 3.63) is 59.7 Å². The number of nitriles is 1. The number of nitrogens with zero attached hydrogens (tertiary/aromatic N) is 1. The van der Waals surface area contributed by atoms with E-state index in [1.165, 1.54) is 0 Å². The summed E-state index contributed by atoms with van der Waals surface area (Å²) in [6, 6.07) is 16.3. The van der Waals surface area contributed by atoms with Gasteiger partial charge in [0.2, 0.25) is 0 Å². The Morgan fingerprint density at radius 3 is 2.36 bits per heavy atom. The van der Waals surface area contributed by atoms with E-state index in [0.29, 0.717) is 17.1 Å². The van der Waals surface area contributed by atoms with Crippen molar-refractivity contribution in [2.45, 2.75) is 12.3 Å². The van der Waals surface area contributed by atoms with Crippen LogP contribution in [0, 0.1) is 11.3 Å². The summed E-state index contributed by atoms with van der Waals surface area (Å²) < 4.78 is 10.2. The van der Waals surface area contributed by atoms with Crippen LogP contribution in [0.3, 0.4) is 0 Å². The predicted molar refractivity (Wildman–Crippen MR) is 83.3 cm³/mol. The van der Waals surface area contributed by atoms with Gasteiger partial charge in [0.1, 0.15) is 11.5 Å². The minimum absolute atomic E-state index is 0.0722. The molecule has 0 aromatic heterocycles. The van der Waals surface area contributed by atoms with Crippen LogP contribution in [0.2, 0.25) is 0 Å². The lowest BCUT2D eigenvalue weighted by Crippen LogP contribution is -2.06. The summed E-state index contributed by atoms with van der Waals surface area (Å²) in [6.07, 6.45) is 0.135. The molecule has 0 heterocycles. The minimum atomic E-state index is -0.496. The van der Waals surface area contributed by atoms with Gasteiger partial charge in [0, 0.05) is 12.0 Å². The molecule has 2 aromatic rings. The molecule has 112 valence electrons. The molecule has 0 bridgehead atoms. The second-order valence-corrected chi connectivity index (χ2v) is 4.81. The standard InChI is InChI=1S/C18H17NO3/c1-21-16-8-6-13(7-9-16)18(20)11-15(12-19)14-4-3-5-17(10-14)22-2/h3-10,15H,11H2,1-2H3. The Morgan fingerprint density at radius 1 is 1.09 bits per heavy atom. The van der Waals surface area contributed by atoms with Crippen molar-refractivity contribution in [3.8, 4) is 17.6 Å². The van der Waals surface area contributed by atoms with E-state index in [2.05, 4.69) is 6.07 Å². The van der Waals surface area contributed by atoms with Crippen LogP contribution >= 0.6 is 0 Å². The van der Waals surface area contributed by atoms with Crippen LogP contribution in [-0.2, 0) is 0 Å². The van der Waals surface area contributed by atoms with Crippen molar-refractivity contribution >= 4 is 5.78 Å². The van der Waals surface area contributed by atoms with Gasteiger partial charge in [0.15, 0.2) is 5.78 Å². The number of hydrogen-bond donors (Lipinski definition) is 0. The highest BCUT2D eigenvalue weighted by Crippen LogP contribution is 2.25. The smallest absolute Gasteiger partial charge is 0.164 e. The monoisotopic (exact) mass is 295 g/mol. The fourth-order valence-electron chi connectivity index (χ4n) is 2.18. The Hall–Kier alpha value is -2.80. The van der Waals surface area contributed by atoms with Gasteiger partial charge in [-0.1, -0.05) is 12.1 Å². The number of hydrogen-bond acceptors (Lipinski definition) is 4. The van der Waals surface area contributed by atoms with Gasteiger partial charge < -0.3 is 9.47 Å². The first kappa shape index (κ1) is 15.6. The number of carbonyl (C=O) groups excluding carboxylic acids is 1. The maximum absolute atomic E-state index is 12.3. The van der Waals surface area contributed by atoms with E-state index in [1.807, 2.05) is 18.2 Å². The predicted octanol–water partition coefficient (Wildman–Crippen LogP) is 3.58. The van der Waals surface area contributed by atoms with Crippen molar-refractivity contribution in [3.63, 3.8) is 0 Å². The van der Waals surface area contributed by atoms with Crippen LogP contribution in [0.1, 0.15) is 28.3 Å². The number of benzene rings is 2. The summed E-state index contributed by atoms with van der Waals surface area (Å²) in [5, 5.41) is 9.36. The summed E-state index contributed by atoms with van der Waals surface area (Å²) in [5.74, 6) is 0.803. The molecule has 0 saturated heterocycles. The molecule has 4 heteroatoms. The molecule has 0 spiro atoms. The van der Waals surface area contributed by atoms with Crippen LogP contribution in [0.15, 0.2) is 48.5 Å². The van der Waals surface area contributed by atoms with Gasteiger partial charge in [0.25, 0.3) is 0 Å². The number of ether oxygens (including phenoxy) is 2. The molecule has 0 aliphatic rings. The molecule has 2 rings (SSSR count). The third-order valence-corrected chi connectivity index (χ3v) is 3.45. The van der Waals surface area contributed by atoms with Gasteiger partial charge in [-0.3, -0.25) is 4.79 Å². The van der Waals surface area contributed by atoms with E-state index < -0.39 is 5.92 Å². The Bertz CT molecular complexity index is 686. The molecule has 4 nitrogen and oxygen atoms in total. The Balaban J connectivity index is 2.15. The summed E-state index contributed by atoms with van der Waals surface area (Å²) in [6.45, 7) is 0. The molecule has 0 aliphatic heterocycles. The zero-order valence-corrected chi connectivity index (χ0v) is 12.6. The van der Waals surface area contributed by atoms with Crippen molar-refractivity contribution in [1.82, 2.24) is 0 Å². The second-order valence-electron chi connectivity index (χ2n) is 4.81. The fourth-order valence-corrected chi connectivity index (χ4v) is 2.18. The number of methoxy groups -OCH3 is 2. The first-order valence-electron chi connectivity index (χ1n) is 6.88. The quantitative estimate of drug-likeness (QED) is 0.764. The molecular formula is C18H17NO3. The maximum atomic E-state index is 12.3. The molecule has 0 saturated carbocycles. The molecule has 2 aromatic carbocycles. The summed E-state index contributed by atoms with van der Waals surface area (Å²) in [4.78, 5) is 12.3. The largest absolute Gasteiger partial charge is 0.497 e. The van der Waals surface area contributed by atoms with Crippen molar-refractivity contribution in [2.24, 2.45) is 0 Å². The van der Waals surface area contributed by atoms with Crippen LogP contribution < -0.4 is 9.47 Å². The number of Topliss-reactive ketones (excluding diaryl/α,β-unsaturated/α-hetero) is 1. The lowest BCUT2D eigenvalue weighted by Gasteiger charge is -2.10. The van der Waals surface area contributed by atoms with Crippen LogP contribution in [0.25, 0.3) is 0 Å². The van der Waals surface area contributed by atoms with E-state index in [9.17, 15) is 10.1 Å². The molecule has 0 radical (unpaired) electrons. The maximum Gasteiger partial charge on any atom is 0.164 e. The van der Waals surface area contributed by atoms with Gasteiger partial charge in [-0.05, 0) is 42.0 Å². The third-order valence-electron chi connectivity index (χ3n) is 3.45. The van der Waals surface area contributed by atoms with Crippen molar-refractivity contribution < 1.29 is 14.3 Å². The van der Waals surface area contributed by atoms with Gasteiger partial charge in [0.05, 0.1) is 26.2 Å². The summed E-state index contributed by atoms with van der Waals surface area (Å²) in [7, 11) is 3.15. The second kappa shape index (κ2) is 7.28. The normalized spacial score (nSPS) is 11.3. The van der Waals surface area contributed by atoms with E-state index >= 15 is 0 Å². The van der Waals surface area contributed by atoms with Crippen LogP contribution in [0.4, 0.5) is 0 Å². The highest BCUT2D eigenvalue weighted by molar-refractivity contribution is 5.96. The molecule has 1 unspecified atom stereocenters. The average molecular weight is 295 g/mol. The highest BCUT2D eigenvalue weighted by Gasteiger charge is 2.17. The molecule has 1 atom stereocenters. The van der Waals surface area contributed by atoms with Gasteiger partial charge >= 0.3 is 0 Å². The lowest BCUT2D eigenvalue weighted by atomic mass is 9.92. The molecule has 0 N–H and O–H groups in total. The van der Waals surface area contributed by atoms with Crippen molar-refractivity contribution in [2.75, 3.05) is 14.2 Å². The Morgan fingerprint density at radius 2 is 1.77 bits per heavy atom. The number of ketones is 1. The van der Waals surface area contributed by atoms with E-state index in [1.54, 1.807) is 44.6 Å². The van der Waals surface area contributed by atoms with Crippen molar-refractivity contribution in [1.29, 1.82) is 5.26 Å². The van der Waals surface area contributed by atoms with Crippen LogP contribution in [-0.4, -0.2) is 20.0 Å². The minimum Gasteiger partial charge on any atom is -0.497 e. The van der Waals surface area contributed by atoms with Gasteiger partial charge in [-0.15, -0.1) is 0 Å². The molecule has 0 aliphatic carbocycles. The van der Waals surface area contributed by atoms with Gasteiger partial charge in [-0.25, -0.2) is 0 Å². The Kier molecular flexibility index (Phi) is 5.16. The summed E-state index contributed by atoms with van der Waals surface area (Å²) >= 11 is 0. The highest BCUT2D eigenvalue weighted by atomic mass is 16.5. The molecule has 22 heavy (non-hydrogen) atoms. The van der Waals surface area contributed by atoms with E-state index in [0.717, 1.165) is 5.56 Å². The first-order valence-corrected chi connectivity index (χ1v) is 6.88. The SMILES string of the molecule is COc1ccc(C(=O)CC(C#N)c2cccc(OC)c2)cc1. The number of carbonyl (C=O) groups is 1. The van der Waals surface area contributed by atoms with Gasteiger partial charge in [-0.2, -0.15) is 5.26 Å². The average Bonchev–Trinajstić information content (AvgIpc) is 2.59. The first-order chi connectivity index (χ1) is 10.7. The lowest BCUT2D eigenvalue weighted by molar-refractivity contribution is 0.0979. The molecule has 0 amide bonds. The topological polar surface area (TPSA) is 59.3 Å². The van der Waals surface area contributed by atoms with E-state index in [4.69, 9.17) is 9.47 Å². The molecular weight excluding hydrogens is 278 g/mol. The summed E-state index contributed by atoms with van der Waals surface area (Å²) in [5.41, 5.74) is 1.35. The zero-order chi connectivity index (χ0) is 15.9.